The van der Waals surface area contributed by atoms with Crippen molar-refractivity contribution in [2.45, 2.75) is 18.7 Å². The van der Waals surface area contributed by atoms with Crippen molar-refractivity contribution in [2.24, 2.45) is 0 Å². The lowest BCUT2D eigenvalue weighted by molar-refractivity contribution is -0.206. The van der Waals surface area contributed by atoms with Crippen molar-refractivity contribution < 1.29 is 18.3 Å². The Balaban J connectivity index is 2.11. The summed E-state index contributed by atoms with van der Waals surface area (Å²) < 4.78 is 37.0. The number of halogens is 3. The van der Waals surface area contributed by atoms with Crippen LogP contribution in [0.5, 0.6) is 0 Å². The van der Waals surface area contributed by atoms with E-state index in [1.807, 2.05) is 30.3 Å². The number of rotatable bonds is 3. The zero-order valence-corrected chi connectivity index (χ0v) is 10.1. The van der Waals surface area contributed by atoms with E-state index in [1.54, 1.807) is 12.1 Å². The molecule has 0 aliphatic heterocycles. The molecule has 0 bridgehead atoms. The van der Waals surface area contributed by atoms with Crippen LogP contribution < -0.4 is 0 Å². The molecule has 2 rings (SSSR count). The van der Waals surface area contributed by atoms with Gasteiger partial charge in [-0.15, -0.1) is 0 Å². The Kier molecular flexibility index (Phi) is 3.90. The lowest BCUT2D eigenvalue weighted by Gasteiger charge is -2.15. The standard InChI is InChI=1S/C15H13F3O/c16-15(17,18)14(19)13-8-6-12(7-9-13)10-11-4-2-1-3-5-11/h1-9,14,19H,10H2. The van der Waals surface area contributed by atoms with Gasteiger partial charge in [-0.25, -0.2) is 0 Å². The van der Waals surface area contributed by atoms with Crippen LogP contribution in [0.25, 0.3) is 0 Å². The van der Waals surface area contributed by atoms with E-state index in [9.17, 15) is 13.2 Å². The minimum Gasteiger partial charge on any atom is -0.379 e. The summed E-state index contributed by atoms with van der Waals surface area (Å²) in [6.45, 7) is 0. The Bertz CT molecular complexity index is 517. The predicted octanol–water partition coefficient (Wildman–Crippen LogP) is 3.87. The van der Waals surface area contributed by atoms with Gasteiger partial charge in [0.05, 0.1) is 0 Å². The molecule has 2 aromatic rings. The van der Waals surface area contributed by atoms with E-state index in [1.165, 1.54) is 12.1 Å². The van der Waals surface area contributed by atoms with Crippen molar-refractivity contribution in [1.29, 1.82) is 0 Å². The van der Waals surface area contributed by atoms with Gasteiger partial charge in [0.2, 0.25) is 0 Å². The summed E-state index contributed by atoms with van der Waals surface area (Å²) in [7, 11) is 0. The summed E-state index contributed by atoms with van der Waals surface area (Å²) in [6, 6.07) is 15.5. The molecule has 0 amide bonds. The summed E-state index contributed by atoms with van der Waals surface area (Å²) in [5.41, 5.74) is 1.86. The maximum Gasteiger partial charge on any atom is 0.418 e. The van der Waals surface area contributed by atoms with E-state index < -0.39 is 12.3 Å². The van der Waals surface area contributed by atoms with E-state index in [0.717, 1.165) is 11.1 Å². The molecule has 2 aromatic carbocycles. The molecule has 0 spiro atoms. The minimum atomic E-state index is -4.62. The molecule has 1 unspecified atom stereocenters. The third kappa shape index (κ3) is 3.58. The molecular formula is C15H13F3O. The van der Waals surface area contributed by atoms with Gasteiger partial charge in [0, 0.05) is 0 Å². The molecule has 19 heavy (non-hydrogen) atoms. The Morgan fingerprint density at radius 1 is 0.842 bits per heavy atom. The third-order valence-electron chi connectivity index (χ3n) is 2.86. The van der Waals surface area contributed by atoms with Gasteiger partial charge in [-0.3, -0.25) is 0 Å². The van der Waals surface area contributed by atoms with Crippen LogP contribution in [0.3, 0.4) is 0 Å². The van der Waals surface area contributed by atoms with Crippen molar-refractivity contribution in [3.63, 3.8) is 0 Å². The molecule has 0 saturated heterocycles. The van der Waals surface area contributed by atoms with E-state index in [4.69, 9.17) is 5.11 Å². The van der Waals surface area contributed by atoms with Crippen molar-refractivity contribution >= 4 is 0 Å². The SMILES string of the molecule is OC(c1ccc(Cc2ccccc2)cc1)C(F)(F)F. The highest BCUT2D eigenvalue weighted by Crippen LogP contribution is 2.32. The number of hydrogen-bond donors (Lipinski definition) is 1. The second kappa shape index (κ2) is 5.45. The topological polar surface area (TPSA) is 20.2 Å². The monoisotopic (exact) mass is 266 g/mol. The second-order valence-corrected chi connectivity index (χ2v) is 4.35. The van der Waals surface area contributed by atoms with Gasteiger partial charge in [0.1, 0.15) is 0 Å². The zero-order chi connectivity index (χ0) is 13.9. The van der Waals surface area contributed by atoms with Crippen LogP contribution in [0.15, 0.2) is 54.6 Å². The highest BCUT2D eigenvalue weighted by Gasteiger charge is 2.39. The van der Waals surface area contributed by atoms with Gasteiger partial charge >= 0.3 is 6.18 Å². The van der Waals surface area contributed by atoms with Crippen molar-refractivity contribution in [3.05, 3.63) is 71.3 Å². The maximum atomic E-state index is 12.3. The average Bonchev–Trinajstić information content (AvgIpc) is 2.39. The Morgan fingerprint density at radius 2 is 1.37 bits per heavy atom. The molecule has 0 aromatic heterocycles. The smallest absolute Gasteiger partial charge is 0.379 e. The molecule has 0 saturated carbocycles. The summed E-state index contributed by atoms with van der Waals surface area (Å²) in [5, 5.41) is 9.11. The van der Waals surface area contributed by atoms with E-state index in [0.29, 0.717) is 6.42 Å². The molecule has 0 aliphatic carbocycles. The average molecular weight is 266 g/mol. The van der Waals surface area contributed by atoms with Gasteiger partial charge in [-0.1, -0.05) is 54.6 Å². The van der Waals surface area contributed by atoms with E-state index in [-0.39, 0.29) is 5.56 Å². The molecule has 0 heterocycles. The van der Waals surface area contributed by atoms with Crippen LogP contribution in [-0.4, -0.2) is 11.3 Å². The first kappa shape index (κ1) is 13.6. The number of aliphatic hydroxyl groups excluding tert-OH is 1. The van der Waals surface area contributed by atoms with Crippen LogP contribution in [0.2, 0.25) is 0 Å². The second-order valence-electron chi connectivity index (χ2n) is 4.35. The van der Waals surface area contributed by atoms with Gasteiger partial charge in [0.15, 0.2) is 6.10 Å². The first-order chi connectivity index (χ1) is 8.97. The van der Waals surface area contributed by atoms with Crippen LogP contribution in [0.4, 0.5) is 13.2 Å². The molecule has 4 heteroatoms. The summed E-state index contributed by atoms with van der Waals surface area (Å²) in [5.74, 6) is 0. The summed E-state index contributed by atoms with van der Waals surface area (Å²) >= 11 is 0. The Hall–Kier alpha value is -1.81. The highest BCUT2D eigenvalue weighted by atomic mass is 19.4. The number of hydrogen-bond acceptors (Lipinski definition) is 1. The van der Waals surface area contributed by atoms with Crippen LogP contribution >= 0.6 is 0 Å². The molecule has 1 nitrogen and oxygen atoms in total. The fourth-order valence-electron chi connectivity index (χ4n) is 1.84. The van der Waals surface area contributed by atoms with Gasteiger partial charge in [0.25, 0.3) is 0 Å². The van der Waals surface area contributed by atoms with Crippen LogP contribution in [-0.2, 0) is 6.42 Å². The molecule has 1 N–H and O–H groups in total. The first-order valence-electron chi connectivity index (χ1n) is 5.84. The molecule has 0 radical (unpaired) electrons. The third-order valence-corrected chi connectivity index (χ3v) is 2.86. The quantitative estimate of drug-likeness (QED) is 0.894. The Labute approximate surface area is 109 Å². The fraction of sp³-hybridized carbons (Fsp3) is 0.200. The minimum absolute atomic E-state index is 0.135. The maximum absolute atomic E-state index is 12.3. The summed E-state index contributed by atoms with van der Waals surface area (Å²) in [4.78, 5) is 0. The predicted molar refractivity (Wildman–Crippen MR) is 66.7 cm³/mol. The van der Waals surface area contributed by atoms with Crippen LogP contribution in [0.1, 0.15) is 22.8 Å². The highest BCUT2D eigenvalue weighted by molar-refractivity contribution is 5.29. The van der Waals surface area contributed by atoms with Crippen LogP contribution in [0, 0.1) is 0 Å². The van der Waals surface area contributed by atoms with E-state index >= 15 is 0 Å². The first-order valence-corrected chi connectivity index (χ1v) is 5.84. The van der Waals surface area contributed by atoms with Crippen molar-refractivity contribution in [2.75, 3.05) is 0 Å². The number of benzene rings is 2. The normalized spacial score (nSPS) is 13.3. The molecule has 0 fully saturated rings. The van der Waals surface area contributed by atoms with Crippen molar-refractivity contribution in [1.82, 2.24) is 0 Å². The van der Waals surface area contributed by atoms with Gasteiger partial charge in [-0.05, 0) is 23.1 Å². The lowest BCUT2D eigenvalue weighted by Crippen LogP contribution is -2.20. The largest absolute Gasteiger partial charge is 0.418 e. The zero-order valence-electron chi connectivity index (χ0n) is 10.1. The Morgan fingerprint density at radius 3 is 1.89 bits per heavy atom. The van der Waals surface area contributed by atoms with E-state index in [2.05, 4.69) is 0 Å². The van der Waals surface area contributed by atoms with Crippen molar-refractivity contribution in [3.8, 4) is 0 Å². The van der Waals surface area contributed by atoms with Gasteiger partial charge in [-0.2, -0.15) is 13.2 Å². The molecular weight excluding hydrogens is 253 g/mol. The molecule has 100 valence electrons. The lowest BCUT2D eigenvalue weighted by atomic mass is 10.0. The summed E-state index contributed by atoms with van der Waals surface area (Å²) in [6.07, 6.45) is -6.39. The number of aliphatic hydroxyl groups is 1. The fourth-order valence-corrected chi connectivity index (χ4v) is 1.84. The molecule has 0 aliphatic rings. The molecule has 1 atom stereocenters. The number of alkyl halides is 3. The van der Waals surface area contributed by atoms with Gasteiger partial charge < -0.3 is 5.11 Å².